The standard InChI is InChI=1S/C14H22N2O/c1-17-14-12(9-6-10-16-14)13(15)11-7-4-2-3-5-8-11/h6,9-11,13H,2-5,7-8,15H2,1H3. The Kier molecular flexibility index (Phi) is 4.37. The van der Waals surface area contributed by atoms with Crippen LogP contribution in [0.15, 0.2) is 18.3 Å². The van der Waals surface area contributed by atoms with Gasteiger partial charge in [-0.1, -0.05) is 31.7 Å². The van der Waals surface area contributed by atoms with Gasteiger partial charge in [0.2, 0.25) is 5.88 Å². The van der Waals surface area contributed by atoms with E-state index in [1.807, 2.05) is 12.1 Å². The molecule has 94 valence electrons. The summed E-state index contributed by atoms with van der Waals surface area (Å²) in [5.74, 6) is 1.26. The van der Waals surface area contributed by atoms with E-state index in [1.54, 1.807) is 13.3 Å². The summed E-state index contributed by atoms with van der Waals surface area (Å²) in [7, 11) is 1.66. The SMILES string of the molecule is COc1ncccc1C(N)C1CCCCCC1. The first kappa shape index (κ1) is 12.4. The number of rotatable bonds is 3. The maximum atomic E-state index is 6.40. The van der Waals surface area contributed by atoms with Crippen molar-refractivity contribution >= 4 is 0 Å². The first-order chi connectivity index (χ1) is 8.33. The molecule has 1 aliphatic rings. The highest BCUT2D eigenvalue weighted by Gasteiger charge is 2.23. The maximum Gasteiger partial charge on any atom is 0.217 e. The van der Waals surface area contributed by atoms with Gasteiger partial charge in [-0.3, -0.25) is 0 Å². The molecule has 1 unspecified atom stereocenters. The molecule has 3 nitrogen and oxygen atoms in total. The van der Waals surface area contributed by atoms with E-state index in [4.69, 9.17) is 10.5 Å². The second kappa shape index (κ2) is 6.01. The van der Waals surface area contributed by atoms with Crippen molar-refractivity contribution in [3.8, 4) is 5.88 Å². The Morgan fingerprint density at radius 2 is 2.00 bits per heavy atom. The Bertz CT molecular complexity index is 346. The summed E-state index contributed by atoms with van der Waals surface area (Å²) in [5, 5.41) is 0. The maximum absolute atomic E-state index is 6.40. The number of hydrogen-bond acceptors (Lipinski definition) is 3. The highest BCUT2D eigenvalue weighted by molar-refractivity contribution is 5.29. The van der Waals surface area contributed by atoms with Crippen LogP contribution in [0.1, 0.15) is 50.1 Å². The van der Waals surface area contributed by atoms with Gasteiger partial charge in [-0.25, -0.2) is 4.98 Å². The molecular formula is C14H22N2O. The molecule has 0 spiro atoms. The quantitative estimate of drug-likeness (QED) is 0.818. The highest BCUT2D eigenvalue weighted by atomic mass is 16.5. The Balaban J connectivity index is 2.14. The summed E-state index contributed by atoms with van der Waals surface area (Å²) in [6.07, 6.45) is 9.54. The second-order valence-corrected chi connectivity index (χ2v) is 4.88. The Morgan fingerprint density at radius 1 is 1.29 bits per heavy atom. The molecule has 2 N–H and O–H groups in total. The third kappa shape index (κ3) is 2.97. The van der Waals surface area contributed by atoms with Gasteiger partial charge in [-0.05, 0) is 24.8 Å². The summed E-state index contributed by atoms with van der Waals surface area (Å²) in [6, 6.07) is 4.05. The van der Waals surface area contributed by atoms with Crippen molar-refractivity contribution in [1.29, 1.82) is 0 Å². The number of pyridine rings is 1. The van der Waals surface area contributed by atoms with Crippen LogP contribution in [-0.2, 0) is 0 Å². The summed E-state index contributed by atoms with van der Waals surface area (Å²) in [5.41, 5.74) is 7.45. The smallest absolute Gasteiger partial charge is 0.217 e. The van der Waals surface area contributed by atoms with Crippen LogP contribution in [0.25, 0.3) is 0 Å². The molecule has 0 aromatic carbocycles. The molecule has 1 saturated carbocycles. The lowest BCUT2D eigenvalue weighted by Gasteiger charge is -2.23. The number of ether oxygens (including phenoxy) is 1. The van der Waals surface area contributed by atoms with E-state index >= 15 is 0 Å². The monoisotopic (exact) mass is 234 g/mol. The summed E-state index contributed by atoms with van der Waals surface area (Å²) < 4.78 is 5.30. The third-order valence-electron chi connectivity index (χ3n) is 3.76. The van der Waals surface area contributed by atoms with Crippen molar-refractivity contribution in [2.75, 3.05) is 7.11 Å². The second-order valence-electron chi connectivity index (χ2n) is 4.88. The van der Waals surface area contributed by atoms with Gasteiger partial charge in [0, 0.05) is 17.8 Å². The molecule has 0 radical (unpaired) electrons. The van der Waals surface area contributed by atoms with Crippen LogP contribution in [0.5, 0.6) is 5.88 Å². The number of hydrogen-bond donors (Lipinski definition) is 1. The fourth-order valence-electron chi connectivity index (χ4n) is 2.75. The minimum absolute atomic E-state index is 0.0664. The Hall–Kier alpha value is -1.09. The van der Waals surface area contributed by atoms with Crippen molar-refractivity contribution < 1.29 is 4.74 Å². The molecular weight excluding hydrogens is 212 g/mol. The number of methoxy groups -OCH3 is 1. The normalized spacial score (nSPS) is 19.6. The van der Waals surface area contributed by atoms with Gasteiger partial charge in [0.15, 0.2) is 0 Å². The number of nitrogens with zero attached hydrogens (tertiary/aromatic N) is 1. The van der Waals surface area contributed by atoms with Crippen LogP contribution < -0.4 is 10.5 Å². The summed E-state index contributed by atoms with van der Waals surface area (Å²) >= 11 is 0. The van der Waals surface area contributed by atoms with Crippen LogP contribution >= 0.6 is 0 Å². The number of nitrogens with two attached hydrogens (primary N) is 1. The van der Waals surface area contributed by atoms with E-state index < -0.39 is 0 Å². The molecule has 1 fully saturated rings. The lowest BCUT2D eigenvalue weighted by Crippen LogP contribution is -2.22. The Labute approximate surface area is 103 Å². The topological polar surface area (TPSA) is 48.1 Å². The first-order valence-electron chi connectivity index (χ1n) is 6.57. The minimum atomic E-state index is 0.0664. The summed E-state index contributed by atoms with van der Waals surface area (Å²) in [4.78, 5) is 4.23. The molecule has 3 heteroatoms. The van der Waals surface area contributed by atoms with Crippen LogP contribution in [0.4, 0.5) is 0 Å². The number of aromatic nitrogens is 1. The van der Waals surface area contributed by atoms with Gasteiger partial charge in [-0.15, -0.1) is 0 Å². The average molecular weight is 234 g/mol. The van der Waals surface area contributed by atoms with Crippen molar-refractivity contribution in [1.82, 2.24) is 4.98 Å². The van der Waals surface area contributed by atoms with E-state index in [0.717, 1.165) is 5.56 Å². The fourth-order valence-corrected chi connectivity index (χ4v) is 2.75. The first-order valence-corrected chi connectivity index (χ1v) is 6.57. The predicted molar refractivity (Wildman–Crippen MR) is 68.9 cm³/mol. The highest BCUT2D eigenvalue weighted by Crippen LogP contribution is 2.34. The fraction of sp³-hybridized carbons (Fsp3) is 0.643. The van der Waals surface area contributed by atoms with E-state index in [9.17, 15) is 0 Å². The van der Waals surface area contributed by atoms with Gasteiger partial charge in [0.1, 0.15) is 0 Å². The van der Waals surface area contributed by atoms with Gasteiger partial charge < -0.3 is 10.5 Å². The van der Waals surface area contributed by atoms with Crippen molar-refractivity contribution in [3.05, 3.63) is 23.9 Å². The molecule has 0 amide bonds. The molecule has 1 aromatic heterocycles. The van der Waals surface area contributed by atoms with Crippen molar-refractivity contribution in [2.24, 2.45) is 11.7 Å². The van der Waals surface area contributed by atoms with E-state index in [-0.39, 0.29) is 6.04 Å². The lowest BCUT2D eigenvalue weighted by molar-refractivity contribution is 0.351. The van der Waals surface area contributed by atoms with Crippen molar-refractivity contribution in [3.63, 3.8) is 0 Å². The van der Waals surface area contributed by atoms with E-state index in [0.29, 0.717) is 11.8 Å². The molecule has 0 bridgehead atoms. The van der Waals surface area contributed by atoms with E-state index in [2.05, 4.69) is 4.98 Å². The third-order valence-corrected chi connectivity index (χ3v) is 3.76. The van der Waals surface area contributed by atoms with Gasteiger partial charge in [-0.2, -0.15) is 0 Å². The van der Waals surface area contributed by atoms with Crippen LogP contribution in [0.2, 0.25) is 0 Å². The molecule has 1 heterocycles. The van der Waals surface area contributed by atoms with Gasteiger partial charge in [0.25, 0.3) is 0 Å². The van der Waals surface area contributed by atoms with Crippen LogP contribution in [-0.4, -0.2) is 12.1 Å². The summed E-state index contributed by atoms with van der Waals surface area (Å²) in [6.45, 7) is 0. The largest absolute Gasteiger partial charge is 0.481 e. The zero-order chi connectivity index (χ0) is 12.1. The van der Waals surface area contributed by atoms with Crippen LogP contribution in [0.3, 0.4) is 0 Å². The van der Waals surface area contributed by atoms with Crippen molar-refractivity contribution in [2.45, 2.75) is 44.6 Å². The molecule has 0 aliphatic heterocycles. The zero-order valence-electron chi connectivity index (χ0n) is 10.6. The molecule has 17 heavy (non-hydrogen) atoms. The lowest BCUT2D eigenvalue weighted by atomic mass is 9.88. The molecule has 0 saturated heterocycles. The Morgan fingerprint density at radius 3 is 2.65 bits per heavy atom. The molecule has 1 atom stereocenters. The van der Waals surface area contributed by atoms with Gasteiger partial charge in [0.05, 0.1) is 7.11 Å². The molecule has 1 aliphatic carbocycles. The van der Waals surface area contributed by atoms with Gasteiger partial charge >= 0.3 is 0 Å². The predicted octanol–water partition coefficient (Wildman–Crippen LogP) is 3.06. The minimum Gasteiger partial charge on any atom is -0.481 e. The van der Waals surface area contributed by atoms with E-state index in [1.165, 1.54) is 38.5 Å². The average Bonchev–Trinajstić information content (AvgIpc) is 2.66. The molecule has 2 rings (SSSR count). The molecule has 1 aromatic rings. The zero-order valence-corrected chi connectivity index (χ0v) is 10.6. The van der Waals surface area contributed by atoms with Crippen LogP contribution in [0, 0.1) is 5.92 Å².